The lowest BCUT2D eigenvalue weighted by Gasteiger charge is -2.18. The molecule has 0 atom stereocenters. The van der Waals surface area contributed by atoms with Crippen LogP contribution >= 0.6 is 11.6 Å². The van der Waals surface area contributed by atoms with E-state index in [1.54, 1.807) is 6.07 Å². The number of hydrogen-bond acceptors (Lipinski definition) is 4. The van der Waals surface area contributed by atoms with Crippen LogP contribution in [-0.4, -0.2) is 31.0 Å². The average Bonchev–Trinajstić information content (AvgIpc) is 2.97. The van der Waals surface area contributed by atoms with Gasteiger partial charge in [0.05, 0.1) is 4.90 Å². The van der Waals surface area contributed by atoms with Gasteiger partial charge in [0.15, 0.2) is 0 Å². The Morgan fingerprint density at radius 3 is 2.67 bits per heavy atom. The first kappa shape index (κ1) is 16.5. The van der Waals surface area contributed by atoms with Crippen LogP contribution in [0, 0.1) is 0 Å². The molecule has 2 heterocycles. The first-order chi connectivity index (χ1) is 11.4. The SMILES string of the molecule is O=C(O)/C=C/c1cnc2c(c1)CCN2S(=O)(=O)c1ccc(Cl)cc1. The number of aromatic nitrogens is 1. The number of carboxylic acid groups (broad SMARTS) is 1. The maximum Gasteiger partial charge on any atom is 0.328 e. The Bertz CT molecular complexity index is 924. The quantitative estimate of drug-likeness (QED) is 0.842. The van der Waals surface area contributed by atoms with E-state index in [9.17, 15) is 13.2 Å². The van der Waals surface area contributed by atoms with Gasteiger partial charge in [-0.3, -0.25) is 0 Å². The molecule has 8 heteroatoms. The topological polar surface area (TPSA) is 87.6 Å². The van der Waals surface area contributed by atoms with Crippen molar-refractivity contribution in [3.8, 4) is 0 Å². The minimum Gasteiger partial charge on any atom is -0.478 e. The number of pyridine rings is 1. The first-order valence-electron chi connectivity index (χ1n) is 7.06. The van der Waals surface area contributed by atoms with Crippen LogP contribution in [0.5, 0.6) is 0 Å². The highest BCUT2D eigenvalue weighted by Crippen LogP contribution is 2.32. The summed E-state index contributed by atoms with van der Waals surface area (Å²) in [4.78, 5) is 14.9. The summed E-state index contributed by atoms with van der Waals surface area (Å²) in [5, 5.41) is 9.12. The van der Waals surface area contributed by atoms with Crippen LogP contribution in [0.15, 0.2) is 47.5 Å². The van der Waals surface area contributed by atoms with Gasteiger partial charge < -0.3 is 5.11 Å². The van der Waals surface area contributed by atoms with Crippen LogP contribution in [0.3, 0.4) is 0 Å². The van der Waals surface area contributed by atoms with E-state index < -0.39 is 16.0 Å². The maximum atomic E-state index is 12.8. The van der Waals surface area contributed by atoms with Gasteiger partial charge in [0.1, 0.15) is 5.82 Å². The lowest BCUT2D eigenvalue weighted by atomic mass is 10.1. The average molecular weight is 365 g/mol. The highest BCUT2D eigenvalue weighted by Gasteiger charge is 2.32. The van der Waals surface area contributed by atoms with Crippen molar-refractivity contribution in [2.45, 2.75) is 11.3 Å². The van der Waals surface area contributed by atoms with Crippen LogP contribution in [-0.2, 0) is 21.2 Å². The van der Waals surface area contributed by atoms with Crippen molar-refractivity contribution in [2.75, 3.05) is 10.8 Å². The highest BCUT2D eigenvalue weighted by atomic mass is 35.5. The van der Waals surface area contributed by atoms with Gasteiger partial charge in [0.2, 0.25) is 0 Å². The molecule has 1 aliphatic heterocycles. The number of rotatable bonds is 4. The first-order valence-corrected chi connectivity index (χ1v) is 8.88. The summed E-state index contributed by atoms with van der Waals surface area (Å²) >= 11 is 5.80. The Kier molecular flexibility index (Phi) is 4.29. The molecule has 1 aromatic heterocycles. The highest BCUT2D eigenvalue weighted by molar-refractivity contribution is 7.92. The van der Waals surface area contributed by atoms with Crippen LogP contribution in [0.1, 0.15) is 11.1 Å². The molecule has 1 aromatic carbocycles. The van der Waals surface area contributed by atoms with Crippen molar-refractivity contribution in [3.05, 3.63) is 58.8 Å². The number of halogens is 1. The number of fused-ring (bicyclic) bond motifs is 1. The van der Waals surface area contributed by atoms with E-state index in [2.05, 4.69) is 4.98 Å². The number of aliphatic carboxylic acids is 1. The van der Waals surface area contributed by atoms with E-state index in [1.807, 2.05) is 0 Å². The fourth-order valence-corrected chi connectivity index (χ4v) is 4.07. The molecule has 6 nitrogen and oxygen atoms in total. The van der Waals surface area contributed by atoms with Gasteiger partial charge in [-0.1, -0.05) is 11.6 Å². The van der Waals surface area contributed by atoms with Gasteiger partial charge in [-0.05, 0) is 54.0 Å². The Hall–Kier alpha value is -2.38. The zero-order chi connectivity index (χ0) is 17.3. The van der Waals surface area contributed by atoms with E-state index in [1.165, 1.54) is 40.8 Å². The third-order valence-electron chi connectivity index (χ3n) is 3.60. The summed E-state index contributed by atoms with van der Waals surface area (Å²) in [7, 11) is -3.71. The molecule has 0 amide bonds. The van der Waals surface area contributed by atoms with Gasteiger partial charge >= 0.3 is 5.97 Å². The van der Waals surface area contributed by atoms with Crippen molar-refractivity contribution in [2.24, 2.45) is 0 Å². The van der Waals surface area contributed by atoms with Gasteiger partial charge in [-0.2, -0.15) is 0 Å². The zero-order valence-electron chi connectivity index (χ0n) is 12.4. The van der Waals surface area contributed by atoms with Crippen LogP contribution in [0.25, 0.3) is 6.08 Å². The third kappa shape index (κ3) is 3.13. The lowest BCUT2D eigenvalue weighted by molar-refractivity contribution is -0.131. The van der Waals surface area contributed by atoms with Gasteiger partial charge in [-0.15, -0.1) is 0 Å². The largest absolute Gasteiger partial charge is 0.478 e. The Balaban J connectivity index is 1.94. The molecule has 0 saturated carbocycles. The minimum absolute atomic E-state index is 0.149. The van der Waals surface area contributed by atoms with E-state index in [0.29, 0.717) is 29.4 Å². The molecule has 1 N–H and O–H groups in total. The zero-order valence-corrected chi connectivity index (χ0v) is 14.0. The summed E-state index contributed by atoms with van der Waals surface area (Å²) in [5.41, 5.74) is 1.38. The summed E-state index contributed by atoms with van der Waals surface area (Å²) in [6, 6.07) is 7.72. The molecule has 0 saturated heterocycles. The molecular formula is C16H13ClN2O4S. The number of anilines is 1. The van der Waals surface area contributed by atoms with Crippen molar-refractivity contribution in [1.82, 2.24) is 4.98 Å². The fraction of sp³-hybridized carbons (Fsp3) is 0.125. The smallest absolute Gasteiger partial charge is 0.328 e. The minimum atomic E-state index is -3.71. The molecule has 0 unspecified atom stereocenters. The Labute approximate surface area is 144 Å². The Morgan fingerprint density at radius 2 is 2.00 bits per heavy atom. The van der Waals surface area contributed by atoms with Crippen molar-refractivity contribution in [1.29, 1.82) is 0 Å². The van der Waals surface area contributed by atoms with Crippen molar-refractivity contribution >= 4 is 39.5 Å². The molecule has 0 radical (unpaired) electrons. The molecule has 0 aliphatic carbocycles. The fourth-order valence-electron chi connectivity index (χ4n) is 2.48. The van der Waals surface area contributed by atoms with E-state index in [4.69, 9.17) is 16.7 Å². The number of carbonyl (C=O) groups is 1. The predicted octanol–water partition coefficient (Wildman–Crippen LogP) is 2.58. The van der Waals surface area contributed by atoms with Crippen LogP contribution in [0.4, 0.5) is 5.82 Å². The monoisotopic (exact) mass is 364 g/mol. The number of hydrogen-bond donors (Lipinski definition) is 1. The second kappa shape index (κ2) is 6.26. The summed E-state index contributed by atoms with van der Waals surface area (Å²) in [5.74, 6) is -0.681. The summed E-state index contributed by atoms with van der Waals surface area (Å²) in [6.45, 7) is 0.291. The second-order valence-corrected chi connectivity index (χ2v) is 7.50. The molecule has 24 heavy (non-hydrogen) atoms. The summed E-state index contributed by atoms with van der Waals surface area (Å²) < 4.78 is 26.8. The molecule has 3 rings (SSSR count). The number of sulfonamides is 1. The molecule has 2 aromatic rings. The van der Waals surface area contributed by atoms with Crippen LogP contribution in [0.2, 0.25) is 5.02 Å². The third-order valence-corrected chi connectivity index (χ3v) is 5.66. The maximum absolute atomic E-state index is 12.8. The predicted molar refractivity (Wildman–Crippen MR) is 90.6 cm³/mol. The number of benzene rings is 1. The van der Waals surface area contributed by atoms with Gasteiger partial charge in [0, 0.05) is 23.8 Å². The van der Waals surface area contributed by atoms with E-state index in [0.717, 1.165) is 11.6 Å². The standard InChI is InChI=1S/C16H13ClN2O4S/c17-13-2-4-14(5-3-13)24(22,23)19-8-7-12-9-11(1-6-15(20)21)10-18-16(12)19/h1-6,9-10H,7-8H2,(H,20,21)/b6-1+. The van der Waals surface area contributed by atoms with E-state index in [-0.39, 0.29) is 4.90 Å². The normalized spacial score (nSPS) is 14.1. The molecular weight excluding hydrogens is 352 g/mol. The number of nitrogens with zero attached hydrogens (tertiary/aromatic N) is 2. The van der Waals surface area contributed by atoms with E-state index >= 15 is 0 Å². The second-order valence-electron chi connectivity index (χ2n) is 5.20. The van der Waals surface area contributed by atoms with Crippen molar-refractivity contribution < 1.29 is 18.3 Å². The molecule has 0 spiro atoms. The van der Waals surface area contributed by atoms with Crippen molar-refractivity contribution in [3.63, 3.8) is 0 Å². The molecule has 0 fully saturated rings. The van der Waals surface area contributed by atoms with Crippen LogP contribution < -0.4 is 4.31 Å². The molecule has 1 aliphatic rings. The molecule has 124 valence electrons. The summed E-state index contributed by atoms with van der Waals surface area (Å²) in [6.07, 6.45) is 4.41. The number of carboxylic acids is 1. The lowest BCUT2D eigenvalue weighted by Crippen LogP contribution is -2.29. The molecule has 0 bridgehead atoms. The van der Waals surface area contributed by atoms with Gasteiger partial charge in [-0.25, -0.2) is 22.5 Å². The van der Waals surface area contributed by atoms with Gasteiger partial charge in [0.25, 0.3) is 10.0 Å². The Morgan fingerprint density at radius 1 is 1.29 bits per heavy atom.